The molecule has 1 N–H and O–H groups in total. The first kappa shape index (κ1) is 14.4. The lowest BCUT2D eigenvalue weighted by Gasteiger charge is -2.22. The fourth-order valence-electron chi connectivity index (χ4n) is 1.30. The van der Waals surface area contributed by atoms with Crippen LogP contribution in [0.5, 0.6) is 0 Å². The van der Waals surface area contributed by atoms with Crippen molar-refractivity contribution in [2.75, 3.05) is 16.6 Å². The number of carbonyl (C=O) groups is 1. The van der Waals surface area contributed by atoms with Crippen LogP contribution in [0, 0.1) is 11.6 Å². The van der Waals surface area contributed by atoms with Gasteiger partial charge in [-0.2, -0.15) is 0 Å². The Kier molecular flexibility index (Phi) is 4.23. The molecule has 1 aromatic rings. The molecule has 0 aliphatic carbocycles. The zero-order chi connectivity index (χ0) is 13.9. The lowest BCUT2D eigenvalue weighted by Crippen LogP contribution is -2.37. The molecule has 100 valence electrons. The van der Waals surface area contributed by atoms with Gasteiger partial charge in [-0.05, 0) is 19.1 Å². The minimum atomic E-state index is -3.95. The van der Waals surface area contributed by atoms with E-state index in [1.165, 1.54) is 6.92 Å². The van der Waals surface area contributed by atoms with E-state index in [1.807, 2.05) is 0 Å². The summed E-state index contributed by atoms with van der Waals surface area (Å²) in [6.45, 7) is 0.379. The Labute approximate surface area is 103 Å². The predicted molar refractivity (Wildman–Crippen MR) is 60.8 cm³/mol. The quantitative estimate of drug-likeness (QED) is 0.879. The van der Waals surface area contributed by atoms with Gasteiger partial charge in [0.25, 0.3) is 0 Å². The average molecular weight is 279 g/mol. The van der Waals surface area contributed by atoms with Crippen LogP contribution in [0.4, 0.5) is 14.5 Å². The number of carboxylic acids is 1. The van der Waals surface area contributed by atoms with Crippen LogP contribution in [0.15, 0.2) is 18.2 Å². The highest BCUT2D eigenvalue weighted by atomic mass is 32.2. The van der Waals surface area contributed by atoms with Crippen LogP contribution in [-0.2, 0) is 14.8 Å². The Morgan fingerprint density at radius 3 is 2.44 bits per heavy atom. The fourth-order valence-corrected chi connectivity index (χ4v) is 2.36. The summed E-state index contributed by atoms with van der Waals surface area (Å²) in [6.07, 6.45) is 0. The van der Waals surface area contributed by atoms with Gasteiger partial charge in [-0.1, -0.05) is 0 Å². The molecule has 0 aliphatic heterocycles. The molecule has 0 unspecified atom stereocenters. The third kappa shape index (κ3) is 3.16. The molecule has 0 bridgehead atoms. The first-order chi connectivity index (χ1) is 8.27. The van der Waals surface area contributed by atoms with E-state index in [0.717, 1.165) is 12.1 Å². The van der Waals surface area contributed by atoms with Crippen LogP contribution in [0.25, 0.3) is 0 Å². The minimum absolute atomic E-state index is 0.392. The fraction of sp³-hybridized carbons (Fsp3) is 0.300. The lowest BCUT2D eigenvalue weighted by atomic mass is 10.3. The third-order valence-electron chi connectivity index (χ3n) is 2.16. The number of rotatable bonds is 5. The van der Waals surface area contributed by atoms with E-state index in [4.69, 9.17) is 5.11 Å². The second-order valence-electron chi connectivity index (χ2n) is 3.40. The molecule has 0 saturated carbocycles. The van der Waals surface area contributed by atoms with Crippen molar-refractivity contribution in [2.45, 2.75) is 6.92 Å². The van der Waals surface area contributed by atoms with Gasteiger partial charge in [0, 0.05) is 6.07 Å². The second kappa shape index (κ2) is 5.30. The minimum Gasteiger partial charge on any atom is -0.480 e. The SMILES string of the molecule is CCS(=O)(=O)N(CC(=O)O)c1ccc(F)cc1F. The number of aliphatic carboxylic acids is 1. The number of carboxylic acid groups (broad SMARTS) is 1. The Hall–Kier alpha value is -1.70. The number of halogens is 2. The van der Waals surface area contributed by atoms with E-state index in [1.54, 1.807) is 0 Å². The van der Waals surface area contributed by atoms with Crippen molar-refractivity contribution in [1.82, 2.24) is 0 Å². The summed E-state index contributed by atoms with van der Waals surface area (Å²) < 4.78 is 50.0. The molecule has 1 aromatic carbocycles. The molecular formula is C10H11F2NO4S. The number of hydrogen-bond acceptors (Lipinski definition) is 3. The molecule has 0 saturated heterocycles. The highest BCUT2D eigenvalue weighted by Gasteiger charge is 2.25. The van der Waals surface area contributed by atoms with Crippen molar-refractivity contribution >= 4 is 21.7 Å². The molecular weight excluding hydrogens is 268 g/mol. The van der Waals surface area contributed by atoms with E-state index < -0.39 is 45.6 Å². The molecule has 0 fully saturated rings. The van der Waals surface area contributed by atoms with E-state index in [-0.39, 0.29) is 0 Å². The van der Waals surface area contributed by atoms with Gasteiger partial charge in [0.05, 0.1) is 11.4 Å². The van der Waals surface area contributed by atoms with Crippen molar-refractivity contribution in [1.29, 1.82) is 0 Å². The van der Waals surface area contributed by atoms with Gasteiger partial charge in [-0.15, -0.1) is 0 Å². The van der Waals surface area contributed by atoms with Gasteiger partial charge in [-0.3, -0.25) is 9.10 Å². The van der Waals surface area contributed by atoms with Crippen molar-refractivity contribution in [3.63, 3.8) is 0 Å². The maximum absolute atomic E-state index is 13.5. The van der Waals surface area contributed by atoms with Crippen LogP contribution < -0.4 is 4.31 Å². The summed E-state index contributed by atoms with van der Waals surface area (Å²) in [6, 6.07) is 2.24. The van der Waals surface area contributed by atoms with Crippen LogP contribution in [0.1, 0.15) is 6.92 Å². The summed E-state index contributed by atoms with van der Waals surface area (Å²) in [5.74, 6) is -3.83. The number of hydrogen-bond donors (Lipinski definition) is 1. The van der Waals surface area contributed by atoms with Crippen molar-refractivity contribution < 1.29 is 27.1 Å². The summed E-state index contributed by atoms with van der Waals surface area (Å²) in [5.41, 5.74) is -0.486. The molecule has 0 amide bonds. The van der Waals surface area contributed by atoms with Crippen molar-refractivity contribution in [3.05, 3.63) is 29.8 Å². The van der Waals surface area contributed by atoms with Crippen LogP contribution in [0.3, 0.4) is 0 Å². The first-order valence-corrected chi connectivity index (χ1v) is 6.56. The van der Waals surface area contributed by atoms with E-state index in [0.29, 0.717) is 10.4 Å². The Morgan fingerprint density at radius 2 is 2.00 bits per heavy atom. The Bertz CT molecular complexity index is 559. The summed E-state index contributed by atoms with van der Waals surface area (Å²) in [7, 11) is -3.95. The first-order valence-electron chi connectivity index (χ1n) is 4.95. The van der Waals surface area contributed by atoms with Crippen LogP contribution >= 0.6 is 0 Å². The Morgan fingerprint density at radius 1 is 1.39 bits per heavy atom. The molecule has 0 radical (unpaired) electrons. The van der Waals surface area contributed by atoms with E-state index >= 15 is 0 Å². The monoisotopic (exact) mass is 279 g/mol. The number of anilines is 1. The lowest BCUT2D eigenvalue weighted by molar-refractivity contribution is -0.135. The number of nitrogens with zero attached hydrogens (tertiary/aromatic N) is 1. The molecule has 0 aliphatic rings. The summed E-state index contributed by atoms with van der Waals surface area (Å²) in [5, 5.41) is 8.65. The smallest absolute Gasteiger partial charge is 0.324 e. The van der Waals surface area contributed by atoms with Gasteiger partial charge in [0.1, 0.15) is 18.2 Å². The molecule has 0 heterocycles. The summed E-state index contributed by atoms with van der Waals surface area (Å²) >= 11 is 0. The zero-order valence-corrected chi connectivity index (χ0v) is 10.2. The topological polar surface area (TPSA) is 74.7 Å². The average Bonchev–Trinajstić information content (AvgIpc) is 2.26. The normalized spacial score (nSPS) is 11.3. The molecule has 18 heavy (non-hydrogen) atoms. The van der Waals surface area contributed by atoms with Gasteiger partial charge in [-0.25, -0.2) is 17.2 Å². The van der Waals surface area contributed by atoms with E-state index in [2.05, 4.69) is 0 Å². The van der Waals surface area contributed by atoms with Gasteiger partial charge < -0.3 is 5.11 Å². The highest BCUT2D eigenvalue weighted by molar-refractivity contribution is 7.92. The molecule has 0 spiro atoms. The standard InChI is InChI=1S/C10H11F2NO4S/c1-2-18(16,17)13(6-10(14)15)9-4-3-7(11)5-8(9)12/h3-5H,2,6H2,1H3,(H,14,15). The molecule has 0 atom stereocenters. The third-order valence-corrected chi connectivity index (χ3v) is 3.88. The molecule has 0 aromatic heterocycles. The van der Waals surface area contributed by atoms with E-state index in [9.17, 15) is 22.0 Å². The van der Waals surface area contributed by atoms with Crippen molar-refractivity contribution in [2.24, 2.45) is 0 Å². The van der Waals surface area contributed by atoms with Gasteiger partial charge in [0.2, 0.25) is 10.0 Å². The second-order valence-corrected chi connectivity index (χ2v) is 5.58. The largest absolute Gasteiger partial charge is 0.480 e. The van der Waals surface area contributed by atoms with Crippen molar-refractivity contribution in [3.8, 4) is 0 Å². The van der Waals surface area contributed by atoms with Gasteiger partial charge in [0.15, 0.2) is 0 Å². The maximum Gasteiger partial charge on any atom is 0.324 e. The molecule has 5 nitrogen and oxygen atoms in total. The predicted octanol–water partition coefficient (Wildman–Crippen LogP) is 1.21. The van der Waals surface area contributed by atoms with Gasteiger partial charge >= 0.3 is 5.97 Å². The number of sulfonamides is 1. The number of benzene rings is 1. The molecule has 8 heteroatoms. The molecule has 1 rings (SSSR count). The Balaban J connectivity index is 3.30. The summed E-state index contributed by atoms with van der Waals surface area (Å²) in [4.78, 5) is 10.6. The maximum atomic E-state index is 13.5. The van der Waals surface area contributed by atoms with Crippen LogP contribution in [0.2, 0.25) is 0 Å². The van der Waals surface area contributed by atoms with Crippen LogP contribution in [-0.4, -0.2) is 31.8 Å². The zero-order valence-electron chi connectivity index (χ0n) is 9.43. The highest BCUT2D eigenvalue weighted by Crippen LogP contribution is 2.23.